The van der Waals surface area contributed by atoms with E-state index in [1.165, 1.54) is 18.2 Å². The average molecular weight is 620 g/mol. The summed E-state index contributed by atoms with van der Waals surface area (Å²) in [5, 5.41) is 11.2. The van der Waals surface area contributed by atoms with E-state index in [2.05, 4.69) is 19.4 Å². The number of esters is 2. The van der Waals surface area contributed by atoms with E-state index in [0.29, 0.717) is 12.1 Å². The average Bonchev–Trinajstić information content (AvgIpc) is 3.46. The Morgan fingerprint density at radius 1 is 1.00 bits per heavy atom. The maximum Gasteiger partial charge on any atom is 0.491 e. The molecule has 0 aliphatic rings. The van der Waals surface area contributed by atoms with Crippen LogP contribution in [0, 0.1) is 4.91 Å². The number of H-pyrrole nitrogens is 1. The van der Waals surface area contributed by atoms with E-state index in [9.17, 15) is 41.3 Å². The van der Waals surface area contributed by atoms with Crippen molar-refractivity contribution in [1.82, 2.24) is 14.7 Å². The van der Waals surface area contributed by atoms with Crippen LogP contribution in [0.4, 0.5) is 18.9 Å². The lowest BCUT2D eigenvalue weighted by atomic mass is 10.1. The van der Waals surface area contributed by atoms with Crippen molar-refractivity contribution in [3.8, 4) is 11.3 Å². The van der Waals surface area contributed by atoms with Gasteiger partial charge in [0, 0.05) is 24.1 Å². The number of fused-ring (bicyclic) bond motifs is 1. The van der Waals surface area contributed by atoms with Gasteiger partial charge >= 0.3 is 23.8 Å². The highest BCUT2D eigenvalue weighted by Crippen LogP contribution is 2.27. The molecule has 226 valence electrons. The molecule has 4 aromatic rings. The van der Waals surface area contributed by atoms with E-state index in [0.717, 1.165) is 22.4 Å². The lowest BCUT2D eigenvalue weighted by Gasteiger charge is -2.17. The summed E-state index contributed by atoms with van der Waals surface area (Å²) >= 11 is 0. The molecule has 0 amide bonds. The Morgan fingerprint density at radius 3 is 2.47 bits per heavy atom. The molecule has 0 aliphatic carbocycles. The number of imidazole rings is 1. The van der Waals surface area contributed by atoms with E-state index in [1.54, 1.807) is 6.20 Å². The van der Waals surface area contributed by atoms with Crippen LogP contribution in [0.15, 0.2) is 77.8 Å². The zero-order valence-corrected chi connectivity index (χ0v) is 23.2. The van der Waals surface area contributed by atoms with Gasteiger partial charge in [0.2, 0.25) is 10.0 Å². The van der Waals surface area contributed by atoms with Gasteiger partial charge in [0.05, 0.1) is 27.7 Å². The lowest BCUT2D eigenvalue weighted by molar-refractivity contribution is -0.729. The third-order valence-corrected chi connectivity index (χ3v) is 7.91. The summed E-state index contributed by atoms with van der Waals surface area (Å²) in [5.74, 6) is -3.63. The minimum atomic E-state index is -5.28. The summed E-state index contributed by atoms with van der Waals surface area (Å²) in [6.07, 6.45) is -3.32. The number of benzene rings is 3. The summed E-state index contributed by atoms with van der Waals surface area (Å²) in [7, 11) is -4.24. The summed E-state index contributed by atoms with van der Waals surface area (Å²) in [5.41, 5.74) is 1.12. The summed E-state index contributed by atoms with van der Waals surface area (Å²) in [4.78, 5) is 40.4. The number of nitrogens with one attached hydrogen (secondary N) is 2. The fraction of sp³-hybridized carbons (Fsp3) is 0.250. The number of carbonyl (C=O) groups excluding carboxylic acids is 2. The summed E-state index contributed by atoms with van der Waals surface area (Å²) < 4.78 is 69.6. The normalized spacial score (nSPS) is 12.6. The SMILES string of the molecule is O=C(CCCCC[C@H](NS(=O)(=O)c1cccc([N+](=O)O)c1)c1ncc(-c2ccc3ccccc3c2)[nH]1)OC(=O)C(F)(F)F. The Labute approximate surface area is 243 Å². The lowest BCUT2D eigenvalue weighted by Crippen LogP contribution is -2.29. The van der Waals surface area contributed by atoms with Crippen molar-refractivity contribution >= 4 is 38.4 Å². The van der Waals surface area contributed by atoms with Gasteiger partial charge in [-0.2, -0.15) is 13.2 Å². The number of hydrogen-bond acceptors (Lipinski definition) is 7. The van der Waals surface area contributed by atoms with Gasteiger partial charge in [-0.15, -0.1) is 0 Å². The molecule has 1 aromatic heterocycles. The van der Waals surface area contributed by atoms with Gasteiger partial charge in [-0.25, -0.2) is 28.1 Å². The Bertz CT molecular complexity index is 1760. The predicted octanol–water partition coefficient (Wildman–Crippen LogP) is 5.63. The topological polar surface area (TPSA) is 159 Å². The highest BCUT2D eigenvalue weighted by atomic mass is 32.2. The van der Waals surface area contributed by atoms with Gasteiger partial charge in [-0.3, -0.25) is 4.79 Å². The fourth-order valence-corrected chi connectivity index (χ4v) is 5.57. The Morgan fingerprint density at radius 2 is 1.74 bits per heavy atom. The van der Waals surface area contributed by atoms with E-state index >= 15 is 0 Å². The van der Waals surface area contributed by atoms with Gasteiger partial charge < -0.3 is 9.72 Å². The third-order valence-electron chi connectivity index (χ3n) is 6.44. The van der Waals surface area contributed by atoms with Crippen molar-refractivity contribution in [3.05, 3.63) is 83.7 Å². The van der Waals surface area contributed by atoms with Crippen molar-refractivity contribution < 1.29 is 46.0 Å². The zero-order chi connectivity index (χ0) is 31.2. The first-order valence-corrected chi connectivity index (χ1v) is 14.5. The number of aromatic nitrogens is 2. The minimum absolute atomic E-state index is 0.0851. The number of carbonyl (C=O) groups is 2. The van der Waals surface area contributed by atoms with Crippen LogP contribution in [0.25, 0.3) is 22.0 Å². The van der Waals surface area contributed by atoms with Crippen molar-refractivity contribution in [1.29, 1.82) is 0 Å². The predicted molar refractivity (Wildman–Crippen MR) is 146 cm³/mol. The standard InChI is InChI=1S/C28H26F3N4O7S/c29-28(30,31)27(37)42-25(36)12-3-1-2-11-23(34-43(40,41)22-10-6-9-21(16-22)35(38)39)26-32-17-24(33-26)20-14-13-18-7-4-5-8-19(18)15-20/h4-10,13-17,23,34H,1-3,11-12H2,(H,32,33)(H,38,39)/q+1/t23-/m0/s1. The first kappa shape index (κ1) is 31.3. The highest BCUT2D eigenvalue weighted by molar-refractivity contribution is 7.89. The van der Waals surface area contributed by atoms with Crippen LogP contribution in [0.2, 0.25) is 0 Å². The second kappa shape index (κ2) is 13.1. The molecule has 3 aromatic carbocycles. The molecule has 0 radical (unpaired) electrons. The van der Waals surface area contributed by atoms with Gasteiger partial charge in [0.25, 0.3) is 4.92 Å². The quantitative estimate of drug-likeness (QED) is 0.0796. The Balaban J connectivity index is 1.50. The molecular formula is C28H26F3N4O7S+. The number of rotatable bonds is 12. The Kier molecular flexibility index (Phi) is 9.56. The molecule has 0 saturated carbocycles. The number of unbranched alkanes of at least 4 members (excludes halogenated alkanes) is 2. The molecular weight excluding hydrogens is 593 g/mol. The monoisotopic (exact) mass is 619 g/mol. The number of hydrogen-bond donors (Lipinski definition) is 3. The second-order valence-corrected chi connectivity index (χ2v) is 11.3. The van der Waals surface area contributed by atoms with Crippen molar-refractivity contribution in [2.24, 2.45) is 0 Å². The second-order valence-electron chi connectivity index (χ2n) is 9.55. The molecule has 1 atom stereocenters. The third kappa shape index (κ3) is 8.23. The molecule has 0 spiro atoms. The number of nitrogens with zero attached hydrogens (tertiary/aromatic N) is 2. The molecule has 0 unspecified atom stereocenters. The zero-order valence-electron chi connectivity index (χ0n) is 22.4. The maximum atomic E-state index is 13.2. The van der Waals surface area contributed by atoms with Gasteiger partial charge in [-0.1, -0.05) is 55.3 Å². The van der Waals surface area contributed by atoms with Crippen molar-refractivity contribution in [2.75, 3.05) is 0 Å². The van der Waals surface area contributed by atoms with E-state index in [4.69, 9.17) is 0 Å². The number of halogens is 3. The van der Waals surface area contributed by atoms with Crippen molar-refractivity contribution in [2.45, 2.75) is 49.2 Å². The largest absolute Gasteiger partial charge is 0.491 e. The molecule has 1 heterocycles. The van der Waals surface area contributed by atoms with E-state index < -0.39 is 45.5 Å². The highest BCUT2D eigenvalue weighted by Gasteiger charge is 2.42. The van der Waals surface area contributed by atoms with Gasteiger partial charge in [0.1, 0.15) is 5.82 Å². The summed E-state index contributed by atoms with van der Waals surface area (Å²) in [6.45, 7) is 0. The fourth-order valence-electron chi connectivity index (χ4n) is 4.30. The molecule has 11 nitrogen and oxygen atoms in total. The van der Waals surface area contributed by atoms with Crippen LogP contribution >= 0.6 is 0 Å². The Hall–Kier alpha value is -4.63. The van der Waals surface area contributed by atoms with Crippen LogP contribution in [-0.4, -0.2) is 46.6 Å². The molecule has 4 rings (SSSR count). The van der Waals surface area contributed by atoms with Gasteiger partial charge in [0.15, 0.2) is 0 Å². The maximum absolute atomic E-state index is 13.2. The van der Waals surface area contributed by atoms with Crippen LogP contribution in [-0.2, 0) is 24.3 Å². The van der Waals surface area contributed by atoms with E-state index in [1.807, 2.05) is 42.5 Å². The van der Waals surface area contributed by atoms with Crippen LogP contribution < -0.4 is 4.72 Å². The molecule has 15 heteroatoms. The van der Waals surface area contributed by atoms with Gasteiger partial charge in [-0.05, 0) is 35.7 Å². The van der Waals surface area contributed by atoms with Crippen LogP contribution in [0.1, 0.15) is 44.0 Å². The van der Waals surface area contributed by atoms with E-state index in [-0.39, 0.29) is 35.7 Å². The van der Waals surface area contributed by atoms with Crippen LogP contribution in [0.5, 0.6) is 0 Å². The van der Waals surface area contributed by atoms with Crippen LogP contribution in [0.3, 0.4) is 0 Å². The molecule has 0 bridgehead atoms. The molecule has 3 N–H and O–H groups in total. The summed E-state index contributed by atoms with van der Waals surface area (Å²) in [6, 6.07) is 17.3. The number of sulfonamides is 1. The first-order valence-electron chi connectivity index (χ1n) is 13.0. The number of aromatic amines is 1. The number of ether oxygens (including phenoxy) is 1. The minimum Gasteiger partial charge on any atom is -0.386 e. The van der Waals surface area contributed by atoms with Crippen molar-refractivity contribution in [3.63, 3.8) is 0 Å². The molecule has 0 fully saturated rings. The number of alkyl halides is 3. The molecule has 0 aliphatic heterocycles. The smallest absolute Gasteiger partial charge is 0.386 e. The molecule has 0 saturated heterocycles. The molecule has 43 heavy (non-hydrogen) atoms. The first-order chi connectivity index (χ1) is 20.3.